The van der Waals surface area contributed by atoms with Gasteiger partial charge in [-0.3, -0.25) is 19.3 Å². The van der Waals surface area contributed by atoms with Crippen molar-refractivity contribution in [3.05, 3.63) is 29.3 Å². The molecule has 1 aromatic rings. The molecule has 3 amide bonds. The number of likely N-dealkylation sites (tertiary alicyclic amines) is 1. The van der Waals surface area contributed by atoms with Crippen molar-refractivity contribution in [2.45, 2.75) is 52.4 Å². The molecule has 1 aliphatic carbocycles. The lowest BCUT2D eigenvalue weighted by Gasteiger charge is -2.19. The Bertz CT molecular complexity index is 652. The number of benzene rings is 1. The number of hydrogen-bond acceptors (Lipinski definition) is 3. The SMILES string of the molecule is CCc1cccc(CC)c1NC(=O)CN1C(=O)[C@@H]2CCCC[C@H]2C1=O. The van der Waals surface area contributed by atoms with Crippen molar-refractivity contribution in [3.63, 3.8) is 0 Å². The normalized spacial score (nSPS) is 22.9. The first kappa shape index (κ1) is 17.6. The summed E-state index contributed by atoms with van der Waals surface area (Å²) in [7, 11) is 0. The van der Waals surface area contributed by atoms with Crippen LogP contribution in [0.3, 0.4) is 0 Å². The van der Waals surface area contributed by atoms with Gasteiger partial charge in [0.1, 0.15) is 6.54 Å². The number of rotatable bonds is 5. The molecule has 1 heterocycles. The number of amides is 3. The average Bonchev–Trinajstić information content (AvgIpc) is 2.87. The fraction of sp³-hybridized carbons (Fsp3) is 0.550. The van der Waals surface area contributed by atoms with Gasteiger partial charge >= 0.3 is 0 Å². The lowest BCUT2D eigenvalue weighted by Crippen LogP contribution is -2.38. The summed E-state index contributed by atoms with van der Waals surface area (Å²) in [6, 6.07) is 5.98. The van der Waals surface area contributed by atoms with Gasteiger partial charge in [-0.1, -0.05) is 44.9 Å². The number of para-hydroxylation sites is 1. The first-order chi connectivity index (χ1) is 12.1. The number of imide groups is 1. The number of anilines is 1. The molecule has 5 heteroatoms. The fourth-order valence-corrected chi connectivity index (χ4v) is 4.11. The zero-order valence-electron chi connectivity index (χ0n) is 15.0. The quantitative estimate of drug-likeness (QED) is 0.837. The number of carbonyl (C=O) groups is 3. The number of nitrogens with one attached hydrogen (secondary N) is 1. The third-order valence-electron chi connectivity index (χ3n) is 5.50. The van der Waals surface area contributed by atoms with Crippen LogP contribution in [0.4, 0.5) is 5.69 Å². The number of aryl methyl sites for hydroxylation is 2. The zero-order chi connectivity index (χ0) is 18.0. The molecule has 5 nitrogen and oxygen atoms in total. The topological polar surface area (TPSA) is 66.5 Å². The predicted molar refractivity (Wildman–Crippen MR) is 96.0 cm³/mol. The third-order valence-corrected chi connectivity index (χ3v) is 5.50. The van der Waals surface area contributed by atoms with Crippen LogP contribution in [-0.2, 0) is 27.2 Å². The van der Waals surface area contributed by atoms with E-state index in [1.165, 1.54) is 4.90 Å². The molecule has 0 bridgehead atoms. The molecule has 3 rings (SSSR count). The highest BCUT2D eigenvalue weighted by molar-refractivity contribution is 6.08. The van der Waals surface area contributed by atoms with E-state index in [1.807, 2.05) is 32.0 Å². The summed E-state index contributed by atoms with van der Waals surface area (Å²) in [5, 5.41) is 2.95. The largest absolute Gasteiger partial charge is 0.324 e. The van der Waals surface area contributed by atoms with Crippen LogP contribution >= 0.6 is 0 Å². The second kappa shape index (κ2) is 7.38. The second-order valence-corrected chi connectivity index (χ2v) is 6.97. The van der Waals surface area contributed by atoms with Gasteiger partial charge in [0.05, 0.1) is 11.8 Å². The second-order valence-electron chi connectivity index (χ2n) is 6.97. The zero-order valence-corrected chi connectivity index (χ0v) is 15.0. The summed E-state index contributed by atoms with van der Waals surface area (Å²) < 4.78 is 0. The smallest absolute Gasteiger partial charge is 0.244 e. The van der Waals surface area contributed by atoms with Crippen molar-refractivity contribution in [3.8, 4) is 0 Å². The van der Waals surface area contributed by atoms with Crippen LogP contribution < -0.4 is 5.32 Å². The molecular weight excluding hydrogens is 316 g/mol. The molecular formula is C20H26N2O3. The Balaban J connectivity index is 1.73. The molecule has 1 aromatic carbocycles. The Morgan fingerprint density at radius 1 is 1.04 bits per heavy atom. The van der Waals surface area contributed by atoms with Gasteiger partial charge < -0.3 is 5.32 Å². The van der Waals surface area contributed by atoms with Crippen LogP contribution in [0.2, 0.25) is 0 Å². The third kappa shape index (κ3) is 3.32. The Kier molecular flexibility index (Phi) is 5.21. The highest BCUT2D eigenvalue weighted by Gasteiger charge is 2.48. The molecule has 25 heavy (non-hydrogen) atoms. The van der Waals surface area contributed by atoms with Gasteiger partial charge in [-0.2, -0.15) is 0 Å². The maximum atomic E-state index is 12.5. The molecule has 1 N–H and O–H groups in total. The summed E-state index contributed by atoms with van der Waals surface area (Å²) in [5.41, 5.74) is 2.97. The van der Waals surface area contributed by atoms with E-state index in [2.05, 4.69) is 5.32 Å². The van der Waals surface area contributed by atoms with Crippen LogP contribution in [0.15, 0.2) is 18.2 Å². The first-order valence-corrected chi connectivity index (χ1v) is 9.32. The van der Waals surface area contributed by atoms with E-state index in [-0.39, 0.29) is 36.1 Å². The minimum absolute atomic E-state index is 0.163. The number of fused-ring (bicyclic) bond motifs is 1. The number of nitrogens with zero attached hydrogens (tertiary/aromatic N) is 1. The van der Waals surface area contributed by atoms with E-state index in [9.17, 15) is 14.4 Å². The van der Waals surface area contributed by atoms with E-state index in [0.29, 0.717) is 0 Å². The van der Waals surface area contributed by atoms with Crippen LogP contribution in [0.5, 0.6) is 0 Å². The molecule has 0 radical (unpaired) electrons. The molecule has 0 spiro atoms. The van der Waals surface area contributed by atoms with Gasteiger partial charge in [0, 0.05) is 5.69 Å². The standard InChI is InChI=1S/C20H26N2O3/c1-3-13-8-7-9-14(4-2)18(13)21-17(23)12-22-19(24)15-10-5-6-11-16(15)20(22)25/h7-9,15-16H,3-6,10-12H2,1-2H3,(H,21,23)/t15-,16-/m1/s1. The van der Waals surface area contributed by atoms with Gasteiger partial charge in [-0.25, -0.2) is 0 Å². The van der Waals surface area contributed by atoms with E-state index in [4.69, 9.17) is 0 Å². The Morgan fingerprint density at radius 3 is 2.04 bits per heavy atom. The number of carbonyl (C=O) groups excluding carboxylic acids is 3. The maximum Gasteiger partial charge on any atom is 0.244 e. The molecule has 2 atom stereocenters. The highest BCUT2D eigenvalue weighted by atomic mass is 16.2. The van der Waals surface area contributed by atoms with Gasteiger partial charge in [-0.05, 0) is 36.8 Å². The van der Waals surface area contributed by atoms with Crippen LogP contribution in [0.1, 0.15) is 50.7 Å². The van der Waals surface area contributed by atoms with E-state index in [0.717, 1.165) is 55.3 Å². The highest BCUT2D eigenvalue weighted by Crippen LogP contribution is 2.37. The minimum atomic E-state index is -0.295. The van der Waals surface area contributed by atoms with Crippen molar-refractivity contribution in [1.29, 1.82) is 0 Å². The summed E-state index contributed by atoms with van der Waals surface area (Å²) in [6.07, 6.45) is 5.15. The van der Waals surface area contributed by atoms with E-state index < -0.39 is 0 Å². The average molecular weight is 342 g/mol. The van der Waals surface area contributed by atoms with Crippen LogP contribution in [0, 0.1) is 11.8 Å². The van der Waals surface area contributed by atoms with Crippen molar-refractivity contribution in [2.24, 2.45) is 11.8 Å². The van der Waals surface area contributed by atoms with Gasteiger partial charge in [0.15, 0.2) is 0 Å². The predicted octanol–water partition coefficient (Wildman–Crippen LogP) is 2.93. The first-order valence-electron chi connectivity index (χ1n) is 9.32. The van der Waals surface area contributed by atoms with E-state index in [1.54, 1.807) is 0 Å². The summed E-state index contributed by atoms with van der Waals surface area (Å²) in [5.74, 6) is -1.03. The summed E-state index contributed by atoms with van der Waals surface area (Å²) in [6.45, 7) is 3.91. The minimum Gasteiger partial charge on any atom is -0.324 e. The maximum absolute atomic E-state index is 12.5. The van der Waals surface area contributed by atoms with Crippen LogP contribution in [-0.4, -0.2) is 29.2 Å². The van der Waals surface area contributed by atoms with Gasteiger partial charge in [0.25, 0.3) is 0 Å². The van der Waals surface area contributed by atoms with Crippen LogP contribution in [0.25, 0.3) is 0 Å². The summed E-state index contributed by atoms with van der Waals surface area (Å²) in [4.78, 5) is 38.7. The van der Waals surface area contributed by atoms with Crippen molar-refractivity contribution >= 4 is 23.4 Å². The van der Waals surface area contributed by atoms with Crippen molar-refractivity contribution in [2.75, 3.05) is 11.9 Å². The lowest BCUT2D eigenvalue weighted by molar-refractivity contribution is -0.142. The van der Waals surface area contributed by atoms with Gasteiger partial charge in [-0.15, -0.1) is 0 Å². The number of hydrogen-bond donors (Lipinski definition) is 1. The van der Waals surface area contributed by atoms with Crippen molar-refractivity contribution < 1.29 is 14.4 Å². The molecule has 134 valence electrons. The molecule has 2 aliphatic rings. The molecule has 1 saturated heterocycles. The van der Waals surface area contributed by atoms with Crippen molar-refractivity contribution in [1.82, 2.24) is 4.90 Å². The fourth-order valence-electron chi connectivity index (χ4n) is 4.11. The molecule has 0 aromatic heterocycles. The van der Waals surface area contributed by atoms with E-state index >= 15 is 0 Å². The lowest BCUT2D eigenvalue weighted by atomic mass is 9.81. The van der Waals surface area contributed by atoms with Gasteiger partial charge in [0.2, 0.25) is 17.7 Å². The molecule has 2 fully saturated rings. The Labute approximate surface area is 148 Å². The Morgan fingerprint density at radius 2 is 1.56 bits per heavy atom. The summed E-state index contributed by atoms with van der Waals surface area (Å²) >= 11 is 0. The monoisotopic (exact) mass is 342 g/mol. The molecule has 0 unspecified atom stereocenters. The molecule has 1 saturated carbocycles. The Hall–Kier alpha value is -2.17. The molecule has 1 aliphatic heterocycles.